The van der Waals surface area contributed by atoms with Crippen LogP contribution in [0.4, 0.5) is 0 Å². The summed E-state index contributed by atoms with van der Waals surface area (Å²) in [6.07, 6.45) is 4.45. The van der Waals surface area contributed by atoms with Crippen molar-refractivity contribution in [3.05, 3.63) is 60.4 Å². The summed E-state index contributed by atoms with van der Waals surface area (Å²) >= 11 is 0. The number of rotatable bonds is 3. The van der Waals surface area contributed by atoms with E-state index < -0.39 is 0 Å². The Balaban J connectivity index is 1.80. The van der Waals surface area contributed by atoms with Gasteiger partial charge in [-0.05, 0) is 43.1 Å². The van der Waals surface area contributed by atoms with Crippen molar-refractivity contribution in [2.24, 2.45) is 11.7 Å². The van der Waals surface area contributed by atoms with E-state index in [1.165, 1.54) is 0 Å². The van der Waals surface area contributed by atoms with E-state index in [0.29, 0.717) is 18.0 Å². The van der Waals surface area contributed by atoms with Gasteiger partial charge < -0.3 is 10.6 Å². The number of nitrogens with two attached hydrogens (primary N) is 1. The number of carbonyl (C=O) groups excluding carboxylic acids is 1. The van der Waals surface area contributed by atoms with E-state index in [0.717, 1.165) is 41.7 Å². The van der Waals surface area contributed by atoms with Gasteiger partial charge in [0.05, 0.1) is 16.8 Å². The molecule has 126 valence electrons. The Morgan fingerprint density at radius 1 is 1.20 bits per heavy atom. The van der Waals surface area contributed by atoms with E-state index >= 15 is 0 Å². The third-order valence-corrected chi connectivity index (χ3v) is 4.83. The minimum Gasteiger partial charge on any atom is -0.338 e. The summed E-state index contributed by atoms with van der Waals surface area (Å²) in [5.74, 6) is 0.460. The summed E-state index contributed by atoms with van der Waals surface area (Å²) < 4.78 is 0. The molecule has 1 aliphatic heterocycles. The molecule has 3 aromatic rings. The quantitative estimate of drug-likeness (QED) is 0.800. The number of benzene rings is 1. The minimum absolute atomic E-state index is 0.0601. The van der Waals surface area contributed by atoms with Gasteiger partial charge in [-0.2, -0.15) is 0 Å². The monoisotopic (exact) mass is 332 g/mol. The molecule has 0 bridgehead atoms. The molecule has 1 atom stereocenters. The van der Waals surface area contributed by atoms with Gasteiger partial charge in [0.15, 0.2) is 0 Å². The average molecular weight is 332 g/mol. The summed E-state index contributed by atoms with van der Waals surface area (Å²) in [6.45, 7) is 2.13. The molecule has 0 aliphatic carbocycles. The van der Waals surface area contributed by atoms with Crippen molar-refractivity contribution in [2.45, 2.75) is 6.42 Å². The average Bonchev–Trinajstić information content (AvgIpc) is 3.16. The fraction of sp³-hybridized carbons (Fsp3) is 0.250. The number of aromatic nitrogens is 2. The molecule has 1 fully saturated rings. The molecule has 2 N–H and O–H groups in total. The van der Waals surface area contributed by atoms with Crippen molar-refractivity contribution >= 4 is 16.8 Å². The number of likely N-dealkylation sites (tertiary alicyclic amines) is 1. The molecule has 0 radical (unpaired) electrons. The maximum Gasteiger partial charge on any atom is 0.254 e. The second-order valence-electron chi connectivity index (χ2n) is 6.45. The molecule has 3 heterocycles. The molecular weight excluding hydrogens is 312 g/mol. The smallest absolute Gasteiger partial charge is 0.254 e. The molecule has 1 unspecified atom stereocenters. The van der Waals surface area contributed by atoms with Gasteiger partial charge in [-0.3, -0.25) is 9.78 Å². The number of hydrogen-bond acceptors (Lipinski definition) is 4. The molecule has 25 heavy (non-hydrogen) atoms. The maximum atomic E-state index is 13.2. The first-order valence-electron chi connectivity index (χ1n) is 8.56. The maximum absolute atomic E-state index is 13.2. The molecule has 1 saturated heterocycles. The van der Waals surface area contributed by atoms with Crippen LogP contribution in [0.1, 0.15) is 16.8 Å². The molecule has 0 spiro atoms. The topological polar surface area (TPSA) is 72.1 Å². The predicted octanol–water partition coefficient (Wildman–Crippen LogP) is 2.72. The summed E-state index contributed by atoms with van der Waals surface area (Å²) in [5, 5.41) is 0.890. The number of hydrogen-bond donors (Lipinski definition) is 1. The third-order valence-electron chi connectivity index (χ3n) is 4.83. The third kappa shape index (κ3) is 2.98. The lowest BCUT2D eigenvalue weighted by atomic mass is 10.0. The molecular formula is C20H20N4O. The Morgan fingerprint density at radius 2 is 2.00 bits per heavy atom. The van der Waals surface area contributed by atoms with Crippen LogP contribution in [-0.2, 0) is 0 Å². The highest BCUT2D eigenvalue weighted by atomic mass is 16.2. The van der Waals surface area contributed by atoms with Crippen LogP contribution in [-0.4, -0.2) is 40.4 Å². The van der Waals surface area contributed by atoms with Gasteiger partial charge in [0.2, 0.25) is 0 Å². The van der Waals surface area contributed by atoms with Gasteiger partial charge in [-0.15, -0.1) is 0 Å². The van der Waals surface area contributed by atoms with Crippen molar-refractivity contribution in [3.63, 3.8) is 0 Å². The minimum atomic E-state index is 0.0601. The first-order chi connectivity index (χ1) is 12.3. The number of para-hydroxylation sites is 1. The SMILES string of the molecule is NCC1CCN(C(=O)c2cc(-c3ccncc3)nc3ccccc23)C1. The van der Waals surface area contributed by atoms with E-state index in [2.05, 4.69) is 4.98 Å². The Labute approximate surface area is 146 Å². The van der Waals surface area contributed by atoms with Gasteiger partial charge in [0, 0.05) is 36.4 Å². The number of carbonyl (C=O) groups is 1. The van der Waals surface area contributed by atoms with Crippen LogP contribution in [0.2, 0.25) is 0 Å². The first kappa shape index (κ1) is 15.7. The Morgan fingerprint density at radius 3 is 2.76 bits per heavy atom. The number of amides is 1. The zero-order valence-corrected chi connectivity index (χ0v) is 13.9. The molecule has 0 saturated carbocycles. The lowest BCUT2D eigenvalue weighted by molar-refractivity contribution is 0.0789. The summed E-state index contributed by atoms with van der Waals surface area (Å²) in [7, 11) is 0. The second-order valence-corrected chi connectivity index (χ2v) is 6.45. The normalized spacial score (nSPS) is 17.2. The molecule has 1 aromatic carbocycles. The highest BCUT2D eigenvalue weighted by Gasteiger charge is 2.27. The number of nitrogens with zero attached hydrogens (tertiary/aromatic N) is 3. The highest BCUT2D eigenvalue weighted by molar-refractivity contribution is 6.07. The molecule has 4 rings (SSSR count). The Kier molecular flexibility index (Phi) is 4.15. The van der Waals surface area contributed by atoms with E-state index in [1.54, 1.807) is 12.4 Å². The first-order valence-corrected chi connectivity index (χ1v) is 8.56. The van der Waals surface area contributed by atoms with E-state index in [4.69, 9.17) is 10.7 Å². The lowest BCUT2D eigenvalue weighted by Crippen LogP contribution is -2.30. The molecule has 1 aliphatic rings. The summed E-state index contributed by atoms with van der Waals surface area (Å²) in [6, 6.07) is 13.5. The van der Waals surface area contributed by atoms with Gasteiger partial charge in [0.25, 0.3) is 5.91 Å². The van der Waals surface area contributed by atoms with E-state index in [-0.39, 0.29) is 5.91 Å². The standard InChI is InChI=1S/C20H20N4O/c21-12-14-7-10-24(13-14)20(25)17-11-19(15-5-8-22-9-6-15)23-18-4-2-1-3-16(17)18/h1-6,8-9,11,14H,7,10,12-13,21H2. The second kappa shape index (κ2) is 6.61. The summed E-state index contributed by atoms with van der Waals surface area (Å²) in [5.41, 5.74) is 9.05. The van der Waals surface area contributed by atoms with Gasteiger partial charge in [0.1, 0.15) is 0 Å². The molecule has 1 amide bonds. The summed E-state index contributed by atoms with van der Waals surface area (Å²) in [4.78, 5) is 23.8. The number of pyridine rings is 2. The van der Waals surface area contributed by atoms with Gasteiger partial charge >= 0.3 is 0 Å². The molecule has 5 nitrogen and oxygen atoms in total. The van der Waals surface area contributed by atoms with E-state index in [1.807, 2.05) is 47.4 Å². The zero-order chi connectivity index (χ0) is 17.2. The van der Waals surface area contributed by atoms with Crippen LogP contribution >= 0.6 is 0 Å². The van der Waals surface area contributed by atoms with Crippen LogP contribution < -0.4 is 5.73 Å². The van der Waals surface area contributed by atoms with Crippen molar-refractivity contribution in [1.82, 2.24) is 14.9 Å². The van der Waals surface area contributed by atoms with Crippen LogP contribution in [0.3, 0.4) is 0 Å². The van der Waals surface area contributed by atoms with Gasteiger partial charge in [-0.1, -0.05) is 18.2 Å². The predicted molar refractivity (Wildman–Crippen MR) is 98.0 cm³/mol. The van der Waals surface area contributed by atoms with Gasteiger partial charge in [-0.25, -0.2) is 4.98 Å². The van der Waals surface area contributed by atoms with Crippen molar-refractivity contribution in [3.8, 4) is 11.3 Å². The van der Waals surface area contributed by atoms with Crippen molar-refractivity contribution in [1.29, 1.82) is 0 Å². The largest absolute Gasteiger partial charge is 0.338 e. The van der Waals surface area contributed by atoms with Crippen molar-refractivity contribution < 1.29 is 4.79 Å². The fourth-order valence-corrected chi connectivity index (χ4v) is 3.40. The Bertz CT molecular complexity index is 910. The zero-order valence-electron chi connectivity index (χ0n) is 13.9. The highest BCUT2D eigenvalue weighted by Crippen LogP contribution is 2.27. The van der Waals surface area contributed by atoms with Crippen LogP contribution in [0, 0.1) is 5.92 Å². The molecule has 5 heteroatoms. The van der Waals surface area contributed by atoms with Crippen LogP contribution in [0.15, 0.2) is 54.9 Å². The van der Waals surface area contributed by atoms with Crippen LogP contribution in [0.5, 0.6) is 0 Å². The van der Waals surface area contributed by atoms with Crippen LogP contribution in [0.25, 0.3) is 22.2 Å². The number of fused-ring (bicyclic) bond motifs is 1. The Hall–Kier alpha value is -2.79. The van der Waals surface area contributed by atoms with Crippen molar-refractivity contribution in [2.75, 3.05) is 19.6 Å². The lowest BCUT2D eigenvalue weighted by Gasteiger charge is -2.18. The molecule has 2 aromatic heterocycles. The van der Waals surface area contributed by atoms with E-state index in [9.17, 15) is 4.79 Å². The fourth-order valence-electron chi connectivity index (χ4n) is 3.40.